The van der Waals surface area contributed by atoms with Gasteiger partial charge in [-0.25, -0.2) is 0 Å². The average molecular weight is 240 g/mol. The van der Waals surface area contributed by atoms with Gasteiger partial charge >= 0.3 is 0 Å². The second kappa shape index (κ2) is 4.64. The van der Waals surface area contributed by atoms with E-state index in [2.05, 4.69) is 50.7 Å². The maximum atomic E-state index is 4.28. The van der Waals surface area contributed by atoms with Crippen LogP contribution in [0.1, 0.15) is 11.3 Å². The molecule has 0 unspecified atom stereocenters. The van der Waals surface area contributed by atoms with E-state index in [9.17, 15) is 0 Å². The van der Waals surface area contributed by atoms with Crippen LogP contribution in [0.25, 0.3) is 0 Å². The molecular formula is C14H16N4. The van der Waals surface area contributed by atoms with Crippen molar-refractivity contribution in [1.82, 2.24) is 10.2 Å². The first kappa shape index (κ1) is 11.0. The Balaban J connectivity index is 1.88. The fourth-order valence-corrected chi connectivity index (χ4v) is 2.31. The second-order valence-electron chi connectivity index (χ2n) is 4.46. The van der Waals surface area contributed by atoms with Crippen LogP contribution >= 0.6 is 0 Å². The van der Waals surface area contributed by atoms with Gasteiger partial charge in [0.15, 0.2) is 0 Å². The van der Waals surface area contributed by atoms with E-state index in [0.717, 1.165) is 31.0 Å². The minimum Gasteiger partial charge on any atom is -0.372 e. The average Bonchev–Trinajstić information content (AvgIpc) is 2.47. The van der Waals surface area contributed by atoms with Crippen molar-refractivity contribution in [1.29, 1.82) is 0 Å². The number of rotatable bonds is 2. The molecule has 1 aliphatic heterocycles. The molecule has 3 rings (SSSR count). The first-order valence-corrected chi connectivity index (χ1v) is 6.20. The van der Waals surface area contributed by atoms with Gasteiger partial charge in [-0.2, -0.15) is 5.10 Å². The standard InChI is InChI=1S/C14H16N4/c1-15-14-9-11-10-18(8-7-13(11)16-17-14)12-5-3-2-4-6-12/h2-6,9H,7-8,10H2,1H3,(H,15,17). The van der Waals surface area contributed by atoms with Crippen LogP contribution in [0.5, 0.6) is 0 Å². The van der Waals surface area contributed by atoms with Gasteiger partial charge in [-0.1, -0.05) is 18.2 Å². The zero-order chi connectivity index (χ0) is 12.4. The van der Waals surface area contributed by atoms with Gasteiger partial charge < -0.3 is 10.2 Å². The lowest BCUT2D eigenvalue weighted by atomic mass is 10.1. The number of hydrogen-bond donors (Lipinski definition) is 1. The minimum atomic E-state index is 0.837. The third kappa shape index (κ3) is 2.01. The fraction of sp³-hybridized carbons (Fsp3) is 0.286. The Kier molecular flexibility index (Phi) is 2.84. The molecule has 0 saturated heterocycles. The van der Waals surface area contributed by atoms with Crippen LogP contribution in [0.2, 0.25) is 0 Å². The molecule has 0 radical (unpaired) electrons. The monoisotopic (exact) mass is 240 g/mol. The molecule has 0 fully saturated rings. The Labute approximate surface area is 107 Å². The molecule has 0 aliphatic carbocycles. The summed E-state index contributed by atoms with van der Waals surface area (Å²) >= 11 is 0. The zero-order valence-electron chi connectivity index (χ0n) is 10.4. The van der Waals surface area contributed by atoms with Gasteiger partial charge in [0.2, 0.25) is 0 Å². The number of anilines is 2. The summed E-state index contributed by atoms with van der Waals surface area (Å²) in [5, 5.41) is 11.4. The molecule has 1 N–H and O–H groups in total. The maximum Gasteiger partial charge on any atom is 0.148 e. The molecule has 0 spiro atoms. The van der Waals surface area contributed by atoms with Gasteiger partial charge in [0.1, 0.15) is 5.82 Å². The van der Waals surface area contributed by atoms with E-state index in [1.165, 1.54) is 11.3 Å². The van der Waals surface area contributed by atoms with E-state index in [4.69, 9.17) is 0 Å². The molecule has 1 aromatic heterocycles. The molecule has 2 heterocycles. The van der Waals surface area contributed by atoms with Crippen LogP contribution < -0.4 is 10.2 Å². The molecular weight excluding hydrogens is 224 g/mol. The lowest BCUT2D eigenvalue weighted by Gasteiger charge is -2.29. The van der Waals surface area contributed by atoms with E-state index < -0.39 is 0 Å². The smallest absolute Gasteiger partial charge is 0.148 e. The topological polar surface area (TPSA) is 41.1 Å². The normalized spacial score (nSPS) is 14.2. The third-order valence-corrected chi connectivity index (χ3v) is 3.32. The molecule has 92 valence electrons. The van der Waals surface area contributed by atoms with Crippen molar-refractivity contribution >= 4 is 11.5 Å². The Hall–Kier alpha value is -2.10. The lowest BCUT2D eigenvalue weighted by Crippen LogP contribution is -2.31. The van der Waals surface area contributed by atoms with Crippen molar-refractivity contribution in [3.05, 3.63) is 47.7 Å². The largest absolute Gasteiger partial charge is 0.372 e. The first-order valence-electron chi connectivity index (χ1n) is 6.20. The molecule has 2 aromatic rings. The molecule has 0 saturated carbocycles. The second-order valence-corrected chi connectivity index (χ2v) is 4.46. The third-order valence-electron chi connectivity index (χ3n) is 3.32. The predicted molar refractivity (Wildman–Crippen MR) is 72.8 cm³/mol. The SMILES string of the molecule is CNc1cc2c(nn1)CCN(c1ccccc1)C2. The highest BCUT2D eigenvalue weighted by Gasteiger charge is 2.18. The van der Waals surface area contributed by atoms with Crippen molar-refractivity contribution in [3.63, 3.8) is 0 Å². The van der Waals surface area contributed by atoms with Gasteiger partial charge in [-0.05, 0) is 23.8 Å². The number of aromatic nitrogens is 2. The van der Waals surface area contributed by atoms with E-state index in [0.29, 0.717) is 0 Å². The van der Waals surface area contributed by atoms with Gasteiger partial charge in [0, 0.05) is 32.2 Å². The summed E-state index contributed by atoms with van der Waals surface area (Å²) in [4.78, 5) is 2.38. The van der Waals surface area contributed by atoms with E-state index >= 15 is 0 Å². The summed E-state index contributed by atoms with van der Waals surface area (Å²) in [6.45, 7) is 1.91. The van der Waals surface area contributed by atoms with Gasteiger partial charge in [-0.15, -0.1) is 5.10 Å². The number of nitrogens with one attached hydrogen (secondary N) is 1. The number of fused-ring (bicyclic) bond motifs is 1. The van der Waals surface area contributed by atoms with Gasteiger partial charge in [0.25, 0.3) is 0 Å². The van der Waals surface area contributed by atoms with Crippen molar-refractivity contribution in [2.24, 2.45) is 0 Å². The van der Waals surface area contributed by atoms with Gasteiger partial charge in [-0.3, -0.25) is 0 Å². The molecule has 0 bridgehead atoms. The number of nitrogens with zero attached hydrogens (tertiary/aromatic N) is 3. The minimum absolute atomic E-state index is 0.837. The summed E-state index contributed by atoms with van der Waals surface area (Å²) in [5.41, 5.74) is 3.66. The molecule has 1 aliphatic rings. The van der Waals surface area contributed by atoms with Crippen LogP contribution in [0, 0.1) is 0 Å². The maximum absolute atomic E-state index is 4.28. The zero-order valence-corrected chi connectivity index (χ0v) is 10.4. The van der Waals surface area contributed by atoms with Crippen molar-refractivity contribution < 1.29 is 0 Å². The molecule has 0 atom stereocenters. The number of hydrogen-bond acceptors (Lipinski definition) is 4. The Bertz CT molecular complexity index is 539. The van der Waals surface area contributed by atoms with Gasteiger partial charge in [0.05, 0.1) is 5.69 Å². The summed E-state index contributed by atoms with van der Waals surface area (Å²) in [7, 11) is 1.87. The van der Waals surface area contributed by atoms with Crippen LogP contribution in [0.3, 0.4) is 0 Å². The van der Waals surface area contributed by atoms with E-state index in [1.807, 2.05) is 13.1 Å². The van der Waals surface area contributed by atoms with Crippen molar-refractivity contribution in [3.8, 4) is 0 Å². The lowest BCUT2D eigenvalue weighted by molar-refractivity contribution is 0.697. The van der Waals surface area contributed by atoms with Crippen molar-refractivity contribution in [2.45, 2.75) is 13.0 Å². The first-order chi connectivity index (χ1) is 8.86. The summed E-state index contributed by atoms with van der Waals surface area (Å²) in [5.74, 6) is 0.837. The fourth-order valence-electron chi connectivity index (χ4n) is 2.31. The molecule has 1 aromatic carbocycles. The molecule has 18 heavy (non-hydrogen) atoms. The summed E-state index contributed by atoms with van der Waals surface area (Å²) < 4.78 is 0. The van der Waals surface area contributed by atoms with E-state index in [-0.39, 0.29) is 0 Å². The quantitative estimate of drug-likeness (QED) is 0.872. The predicted octanol–water partition coefficient (Wildman–Crippen LogP) is 2.08. The van der Waals surface area contributed by atoms with Crippen molar-refractivity contribution in [2.75, 3.05) is 23.8 Å². The van der Waals surface area contributed by atoms with E-state index in [1.54, 1.807) is 0 Å². The van der Waals surface area contributed by atoms with Crippen LogP contribution in [0.4, 0.5) is 11.5 Å². The highest BCUT2D eigenvalue weighted by atomic mass is 15.2. The summed E-state index contributed by atoms with van der Waals surface area (Å²) in [6.07, 6.45) is 0.960. The number of para-hydroxylation sites is 1. The molecule has 4 heteroatoms. The Morgan fingerprint density at radius 1 is 1.17 bits per heavy atom. The van der Waals surface area contributed by atoms with Crippen LogP contribution in [-0.2, 0) is 13.0 Å². The number of benzene rings is 1. The molecule has 0 amide bonds. The van der Waals surface area contributed by atoms with Crippen LogP contribution in [0.15, 0.2) is 36.4 Å². The highest BCUT2D eigenvalue weighted by molar-refractivity contribution is 5.49. The van der Waals surface area contributed by atoms with Crippen LogP contribution in [-0.4, -0.2) is 23.8 Å². The molecule has 4 nitrogen and oxygen atoms in total. The Morgan fingerprint density at radius 2 is 2.00 bits per heavy atom. The summed E-state index contributed by atoms with van der Waals surface area (Å²) in [6, 6.07) is 12.6. The highest BCUT2D eigenvalue weighted by Crippen LogP contribution is 2.23. The Morgan fingerprint density at radius 3 is 2.78 bits per heavy atom.